The van der Waals surface area contributed by atoms with E-state index in [4.69, 9.17) is 5.73 Å². The van der Waals surface area contributed by atoms with Crippen LogP contribution in [0.4, 0.5) is 0 Å². The number of imidazole rings is 2. The van der Waals surface area contributed by atoms with Crippen LogP contribution in [0, 0.1) is 20.8 Å². The maximum Gasteiger partial charge on any atom is 0.332 e. The Bertz CT molecular complexity index is 1400. The molecule has 0 unspecified atom stereocenters. The van der Waals surface area contributed by atoms with Gasteiger partial charge in [-0.05, 0) is 32.4 Å². The third-order valence-corrected chi connectivity index (χ3v) is 4.93. The van der Waals surface area contributed by atoms with Gasteiger partial charge in [0.1, 0.15) is 6.54 Å². The number of rotatable bonds is 3. The van der Waals surface area contributed by atoms with Gasteiger partial charge in [0.05, 0.1) is 5.69 Å². The van der Waals surface area contributed by atoms with Crippen LogP contribution in [-0.2, 0) is 18.4 Å². The molecule has 4 aromatic rings. The van der Waals surface area contributed by atoms with Crippen LogP contribution in [0.25, 0.3) is 22.6 Å². The van der Waals surface area contributed by atoms with E-state index in [1.54, 1.807) is 10.6 Å². The number of primary amides is 1. The van der Waals surface area contributed by atoms with Gasteiger partial charge >= 0.3 is 5.69 Å². The van der Waals surface area contributed by atoms with Crippen LogP contribution >= 0.6 is 0 Å². The molecule has 0 fully saturated rings. The number of carbonyl (C=O) groups is 1. The van der Waals surface area contributed by atoms with E-state index in [2.05, 4.69) is 11.1 Å². The molecule has 1 aromatic carbocycles. The van der Waals surface area contributed by atoms with Crippen molar-refractivity contribution < 1.29 is 4.79 Å². The van der Waals surface area contributed by atoms with Crippen LogP contribution < -0.4 is 17.0 Å². The van der Waals surface area contributed by atoms with Crippen molar-refractivity contribution in [1.82, 2.24) is 23.1 Å². The van der Waals surface area contributed by atoms with E-state index in [0.717, 1.165) is 27.1 Å². The summed E-state index contributed by atoms with van der Waals surface area (Å²) in [6, 6.07) is 6.08. The molecule has 0 saturated heterocycles. The molecular weight excluding hydrogens is 360 g/mol. The van der Waals surface area contributed by atoms with Gasteiger partial charge in [0.25, 0.3) is 5.56 Å². The van der Waals surface area contributed by atoms with E-state index in [9.17, 15) is 14.4 Å². The van der Waals surface area contributed by atoms with E-state index in [0.29, 0.717) is 5.78 Å². The van der Waals surface area contributed by atoms with Crippen LogP contribution in [0.3, 0.4) is 0 Å². The van der Waals surface area contributed by atoms with E-state index >= 15 is 0 Å². The summed E-state index contributed by atoms with van der Waals surface area (Å²) in [5, 5.41) is 0. The SMILES string of the molecule is Cc1ccc(-n2c(C)cn3c4c(=O)n(CC(N)=O)c(=O)n(C)c4nc23)c(C)c1. The highest BCUT2D eigenvalue weighted by Gasteiger charge is 2.21. The first-order valence-electron chi connectivity index (χ1n) is 8.76. The fraction of sp³-hybridized carbons (Fsp3) is 0.263. The smallest absolute Gasteiger partial charge is 0.332 e. The molecule has 4 rings (SSSR count). The Morgan fingerprint density at radius 3 is 2.54 bits per heavy atom. The monoisotopic (exact) mass is 380 g/mol. The summed E-state index contributed by atoms with van der Waals surface area (Å²) < 4.78 is 5.69. The first-order chi connectivity index (χ1) is 13.2. The molecule has 144 valence electrons. The van der Waals surface area contributed by atoms with E-state index < -0.39 is 23.7 Å². The Labute approximate surface area is 159 Å². The second kappa shape index (κ2) is 5.95. The number of amides is 1. The van der Waals surface area contributed by atoms with E-state index in [1.165, 1.54) is 11.6 Å². The lowest BCUT2D eigenvalue weighted by molar-refractivity contribution is -0.118. The fourth-order valence-corrected chi connectivity index (χ4v) is 3.66. The molecule has 0 aliphatic carbocycles. The van der Waals surface area contributed by atoms with E-state index in [1.807, 2.05) is 37.5 Å². The number of aryl methyl sites for hydroxylation is 4. The number of fused-ring (bicyclic) bond motifs is 3. The molecule has 28 heavy (non-hydrogen) atoms. The Hall–Kier alpha value is -3.62. The highest BCUT2D eigenvalue weighted by atomic mass is 16.2. The summed E-state index contributed by atoms with van der Waals surface area (Å²) in [4.78, 5) is 41.4. The van der Waals surface area contributed by atoms with Gasteiger partial charge < -0.3 is 5.73 Å². The van der Waals surface area contributed by atoms with Crippen molar-refractivity contribution in [3.8, 4) is 5.69 Å². The average Bonchev–Trinajstić information content (AvgIpc) is 3.12. The van der Waals surface area contributed by atoms with Crippen LogP contribution in [0.5, 0.6) is 0 Å². The van der Waals surface area contributed by atoms with Crippen LogP contribution in [-0.4, -0.2) is 29.0 Å². The second-order valence-corrected chi connectivity index (χ2v) is 7.05. The van der Waals surface area contributed by atoms with Gasteiger partial charge in [-0.2, -0.15) is 4.98 Å². The van der Waals surface area contributed by atoms with Crippen LogP contribution in [0.2, 0.25) is 0 Å². The first-order valence-corrected chi connectivity index (χ1v) is 8.76. The Balaban J connectivity index is 2.14. The number of benzene rings is 1. The summed E-state index contributed by atoms with van der Waals surface area (Å²) in [6.07, 6.45) is 1.80. The molecule has 3 aromatic heterocycles. The zero-order chi connectivity index (χ0) is 20.3. The highest BCUT2D eigenvalue weighted by molar-refractivity contribution is 5.78. The lowest BCUT2D eigenvalue weighted by Gasteiger charge is -2.10. The average molecular weight is 380 g/mol. The lowest BCUT2D eigenvalue weighted by Crippen LogP contribution is -2.42. The zero-order valence-corrected chi connectivity index (χ0v) is 16.1. The molecule has 0 aliphatic rings. The summed E-state index contributed by atoms with van der Waals surface area (Å²) >= 11 is 0. The third-order valence-electron chi connectivity index (χ3n) is 4.93. The summed E-state index contributed by atoms with van der Waals surface area (Å²) in [6.45, 7) is 5.47. The Kier molecular flexibility index (Phi) is 3.77. The maximum absolute atomic E-state index is 13.0. The standard InChI is InChI=1S/C19H20N6O3/c1-10-5-6-13(11(2)7-10)25-12(3)8-23-15-16(21-18(23)25)22(4)19(28)24(17(15)27)9-14(20)26/h5-8H,9H2,1-4H3,(H2,20,26). The molecule has 0 atom stereocenters. The number of hydrogen-bond donors (Lipinski definition) is 1. The predicted octanol–water partition coefficient (Wildman–Crippen LogP) is 0.549. The number of aromatic nitrogens is 5. The summed E-state index contributed by atoms with van der Waals surface area (Å²) in [5.74, 6) is -0.244. The van der Waals surface area contributed by atoms with Gasteiger partial charge in [0.2, 0.25) is 11.7 Å². The van der Waals surface area contributed by atoms with Gasteiger partial charge in [-0.1, -0.05) is 17.7 Å². The van der Waals surface area contributed by atoms with Crippen molar-refractivity contribution in [1.29, 1.82) is 0 Å². The minimum Gasteiger partial charge on any atom is -0.368 e. The molecule has 0 spiro atoms. The van der Waals surface area contributed by atoms with Crippen molar-refractivity contribution in [3.63, 3.8) is 0 Å². The second-order valence-electron chi connectivity index (χ2n) is 7.05. The van der Waals surface area contributed by atoms with Crippen molar-refractivity contribution in [3.05, 3.63) is 62.1 Å². The molecular formula is C19H20N6O3. The number of hydrogen-bond acceptors (Lipinski definition) is 4. The Morgan fingerprint density at radius 1 is 1.18 bits per heavy atom. The zero-order valence-electron chi connectivity index (χ0n) is 16.1. The highest BCUT2D eigenvalue weighted by Crippen LogP contribution is 2.23. The van der Waals surface area contributed by atoms with Gasteiger partial charge in [-0.15, -0.1) is 0 Å². The van der Waals surface area contributed by atoms with Gasteiger partial charge in [0, 0.05) is 18.9 Å². The van der Waals surface area contributed by atoms with Gasteiger partial charge in [-0.3, -0.25) is 23.1 Å². The largest absolute Gasteiger partial charge is 0.368 e. The summed E-state index contributed by atoms with van der Waals surface area (Å²) in [5.41, 5.74) is 8.49. The predicted molar refractivity (Wildman–Crippen MR) is 105 cm³/mol. The topological polar surface area (TPSA) is 109 Å². The number of nitrogens with two attached hydrogens (primary N) is 1. The fourth-order valence-electron chi connectivity index (χ4n) is 3.66. The molecule has 9 heteroatoms. The normalized spacial score (nSPS) is 11.6. The van der Waals surface area contributed by atoms with Crippen LogP contribution in [0.1, 0.15) is 16.8 Å². The van der Waals surface area contributed by atoms with Gasteiger partial charge in [-0.25, -0.2) is 9.36 Å². The van der Waals surface area contributed by atoms with Crippen molar-refractivity contribution in [2.24, 2.45) is 12.8 Å². The number of nitrogens with zero attached hydrogens (tertiary/aromatic N) is 5. The van der Waals surface area contributed by atoms with Crippen LogP contribution in [0.15, 0.2) is 34.0 Å². The van der Waals surface area contributed by atoms with E-state index in [-0.39, 0.29) is 11.2 Å². The molecule has 3 heterocycles. The number of carbonyl (C=O) groups excluding carboxylic acids is 1. The molecule has 0 radical (unpaired) electrons. The quantitative estimate of drug-likeness (QED) is 0.560. The van der Waals surface area contributed by atoms with Crippen molar-refractivity contribution in [2.45, 2.75) is 27.3 Å². The molecule has 1 amide bonds. The molecule has 9 nitrogen and oxygen atoms in total. The van der Waals surface area contributed by atoms with Gasteiger partial charge in [0.15, 0.2) is 11.2 Å². The molecule has 0 saturated carbocycles. The van der Waals surface area contributed by atoms with Crippen molar-refractivity contribution in [2.75, 3.05) is 0 Å². The molecule has 2 N–H and O–H groups in total. The minimum atomic E-state index is -0.761. The third kappa shape index (κ3) is 2.39. The maximum atomic E-state index is 13.0. The molecule has 0 bridgehead atoms. The lowest BCUT2D eigenvalue weighted by atomic mass is 10.1. The summed E-state index contributed by atoms with van der Waals surface area (Å²) in [7, 11) is 1.52. The molecule has 0 aliphatic heterocycles. The minimum absolute atomic E-state index is 0.227. The first kappa shape index (κ1) is 17.8. The Morgan fingerprint density at radius 2 is 1.89 bits per heavy atom. The van der Waals surface area contributed by atoms with Crippen molar-refractivity contribution >= 4 is 22.8 Å².